The highest BCUT2D eigenvalue weighted by atomic mass is 32.2. The van der Waals surface area contributed by atoms with Gasteiger partial charge in [0.1, 0.15) is 5.75 Å². The first-order chi connectivity index (χ1) is 17.2. The van der Waals surface area contributed by atoms with E-state index >= 15 is 0 Å². The Morgan fingerprint density at radius 1 is 1.19 bits per heavy atom. The van der Waals surface area contributed by atoms with Crippen LogP contribution in [0.2, 0.25) is 0 Å². The fraction of sp³-hybridized carbons (Fsp3) is 0.333. The number of aromatic nitrogens is 3. The fourth-order valence-corrected chi connectivity index (χ4v) is 3.90. The molecule has 0 saturated heterocycles. The molecule has 3 rings (SSSR count). The van der Waals surface area contributed by atoms with Crippen molar-refractivity contribution in [3.05, 3.63) is 69.5 Å². The lowest BCUT2D eigenvalue weighted by Gasteiger charge is -2.15. The molecule has 1 aromatic heterocycles. The molecule has 3 aromatic rings. The maximum atomic E-state index is 12.5. The van der Waals surface area contributed by atoms with E-state index in [1.807, 2.05) is 24.3 Å². The van der Waals surface area contributed by atoms with Gasteiger partial charge in [-0.25, -0.2) is 0 Å². The highest BCUT2D eigenvalue weighted by Crippen LogP contribution is 2.23. The molecule has 190 valence electrons. The molecular formula is C24H28N6O5S. The van der Waals surface area contributed by atoms with E-state index in [1.165, 1.54) is 17.7 Å². The van der Waals surface area contributed by atoms with Crippen LogP contribution in [0.3, 0.4) is 0 Å². The summed E-state index contributed by atoms with van der Waals surface area (Å²) in [5.74, 6) is 0.534. The number of benzene rings is 2. The molecule has 0 saturated carbocycles. The normalized spacial score (nSPS) is 11.6. The van der Waals surface area contributed by atoms with Crippen molar-refractivity contribution in [2.45, 2.75) is 45.0 Å². The Labute approximate surface area is 212 Å². The third-order valence-corrected chi connectivity index (χ3v) is 6.42. The van der Waals surface area contributed by atoms with E-state index in [1.54, 1.807) is 31.5 Å². The lowest BCUT2D eigenvalue weighted by molar-refractivity contribution is -0.384. The van der Waals surface area contributed by atoms with Gasteiger partial charge in [0.05, 0.1) is 22.9 Å². The second kappa shape index (κ2) is 12.2. The van der Waals surface area contributed by atoms with Crippen molar-refractivity contribution < 1.29 is 19.2 Å². The lowest BCUT2D eigenvalue weighted by Crippen LogP contribution is -2.36. The average Bonchev–Trinajstić information content (AvgIpc) is 3.21. The Morgan fingerprint density at radius 2 is 1.92 bits per heavy atom. The standard InChI is InChI=1S/C24H28N6O5S/c1-5-17-7-10-19(11-8-17)35-16(3)23(32)25-13-21-27-28-24(29(21)4)36-14-22(31)26-20-12-18(30(33)34)9-6-15(20)2/h6-12,16H,5,13-14H2,1-4H3,(H,25,32)(H,26,31)/t16-/m0/s1. The van der Waals surface area contributed by atoms with Gasteiger partial charge in [0.2, 0.25) is 5.91 Å². The predicted molar refractivity (Wildman–Crippen MR) is 136 cm³/mol. The molecule has 0 aliphatic rings. The molecule has 11 nitrogen and oxygen atoms in total. The van der Waals surface area contributed by atoms with Gasteiger partial charge in [-0.05, 0) is 43.5 Å². The number of nitrogens with one attached hydrogen (secondary N) is 2. The van der Waals surface area contributed by atoms with E-state index in [0.717, 1.165) is 18.2 Å². The van der Waals surface area contributed by atoms with E-state index < -0.39 is 11.0 Å². The SMILES string of the molecule is CCc1ccc(O[C@@H](C)C(=O)NCc2nnc(SCC(=O)Nc3cc([N+](=O)[O-])ccc3C)n2C)cc1. The molecule has 2 N–H and O–H groups in total. The topological polar surface area (TPSA) is 141 Å². The summed E-state index contributed by atoms with van der Waals surface area (Å²) in [7, 11) is 1.74. The van der Waals surface area contributed by atoms with Crippen LogP contribution in [0.4, 0.5) is 11.4 Å². The Hall–Kier alpha value is -3.93. The van der Waals surface area contributed by atoms with Gasteiger partial charge in [-0.1, -0.05) is 36.9 Å². The van der Waals surface area contributed by atoms with E-state index in [9.17, 15) is 19.7 Å². The second-order valence-electron chi connectivity index (χ2n) is 8.03. The second-order valence-corrected chi connectivity index (χ2v) is 8.97. The number of carbonyl (C=O) groups excluding carboxylic acids is 2. The first-order valence-corrected chi connectivity index (χ1v) is 12.3. The number of rotatable bonds is 11. The Kier molecular flexibility index (Phi) is 9.01. The van der Waals surface area contributed by atoms with Gasteiger partial charge in [-0.15, -0.1) is 10.2 Å². The molecule has 12 heteroatoms. The number of ether oxygens (including phenoxy) is 1. The van der Waals surface area contributed by atoms with Crippen molar-refractivity contribution in [2.24, 2.45) is 7.05 Å². The van der Waals surface area contributed by atoms with Crippen molar-refractivity contribution >= 4 is 35.0 Å². The predicted octanol–water partition coefficient (Wildman–Crippen LogP) is 3.41. The number of hydrogen-bond acceptors (Lipinski definition) is 8. The summed E-state index contributed by atoms with van der Waals surface area (Å²) in [6, 6.07) is 11.9. The van der Waals surface area contributed by atoms with Crippen LogP contribution in [0, 0.1) is 17.0 Å². The summed E-state index contributed by atoms with van der Waals surface area (Å²) in [5, 5.41) is 25.1. The molecule has 1 atom stereocenters. The molecule has 0 fully saturated rings. The molecule has 1 heterocycles. The molecule has 0 radical (unpaired) electrons. The van der Waals surface area contributed by atoms with E-state index in [2.05, 4.69) is 27.8 Å². The number of nitro groups is 1. The van der Waals surface area contributed by atoms with Gasteiger partial charge in [0.15, 0.2) is 17.1 Å². The smallest absolute Gasteiger partial charge is 0.271 e. The average molecular weight is 513 g/mol. The van der Waals surface area contributed by atoms with E-state index in [-0.39, 0.29) is 29.8 Å². The van der Waals surface area contributed by atoms with Crippen LogP contribution < -0.4 is 15.4 Å². The zero-order valence-corrected chi connectivity index (χ0v) is 21.3. The summed E-state index contributed by atoms with van der Waals surface area (Å²) in [6.07, 6.45) is 0.233. The number of nitro benzene ring substituents is 1. The van der Waals surface area contributed by atoms with Gasteiger partial charge in [0, 0.05) is 19.2 Å². The number of anilines is 1. The first-order valence-electron chi connectivity index (χ1n) is 11.3. The molecular weight excluding hydrogens is 484 g/mol. The van der Waals surface area contributed by atoms with Crippen LogP contribution in [-0.2, 0) is 29.6 Å². The zero-order valence-electron chi connectivity index (χ0n) is 20.5. The number of aryl methyl sites for hydroxylation is 2. The van der Waals surface area contributed by atoms with E-state index in [4.69, 9.17) is 4.74 Å². The highest BCUT2D eigenvalue weighted by Gasteiger charge is 2.17. The number of nitrogens with zero attached hydrogens (tertiary/aromatic N) is 4. The van der Waals surface area contributed by atoms with Crippen LogP contribution in [-0.4, -0.2) is 43.4 Å². The summed E-state index contributed by atoms with van der Waals surface area (Å²) < 4.78 is 7.39. The largest absolute Gasteiger partial charge is 0.481 e. The summed E-state index contributed by atoms with van der Waals surface area (Å²) in [5.41, 5.74) is 2.19. The Balaban J connectivity index is 1.49. The van der Waals surface area contributed by atoms with Gasteiger partial charge in [-0.2, -0.15) is 0 Å². The monoisotopic (exact) mass is 512 g/mol. The molecule has 0 aliphatic carbocycles. The Bertz CT molecular complexity index is 1240. The maximum Gasteiger partial charge on any atom is 0.271 e. The van der Waals surface area contributed by atoms with Crippen LogP contribution in [0.25, 0.3) is 0 Å². The van der Waals surface area contributed by atoms with Gasteiger partial charge >= 0.3 is 0 Å². The first kappa shape index (κ1) is 26.7. The summed E-state index contributed by atoms with van der Waals surface area (Å²) in [4.78, 5) is 35.3. The summed E-state index contributed by atoms with van der Waals surface area (Å²) in [6.45, 7) is 5.63. The van der Waals surface area contributed by atoms with Crippen LogP contribution >= 0.6 is 11.8 Å². The number of hydrogen-bond donors (Lipinski definition) is 2. The number of thioether (sulfide) groups is 1. The molecule has 0 spiro atoms. The van der Waals surface area contributed by atoms with Crippen LogP contribution in [0.15, 0.2) is 47.6 Å². The lowest BCUT2D eigenvalue weighted by atomic mass is 10.2. The van der Waals surface area contributed by atoms with Crippen LogP contribution in [0.5, 0.6) is 5.75 Å². The quantitative estimate of drug-likeness (QED) is 0.226. The van der Waals surface area contributed by atoms with Crippen molar-refractivity contribution in [1.82, 2.24) is 20.1 Å². The third kappa shape index (κ3) is 7.04. The fourth-order valence-electron chi connectivity index (χ4n) is 3.17. The molecule has 0 aliphatic heterocycles. The van der Waals surface area contributed by atoms with Gasteiger partial charge in [0.25, 0.3) is 11.6 Å². The van der Waals surface area contributed by atoms with E-state index in [0.29, 0.717) is 28.0 Å². The minimum atomic E-state index is -0.694. The summed E-state index contributed by atoms with van der Waals surface area (Å²) >= 11 is 1.16. The molecule has 0 bridgehead atoms. The molecule has 2 aromatic carbocycles. The van der Waals surface area contributed by atoms with Gasteiger partial charge in [-0.3, -0.25) is 19.7 Å². The number of carbonyl (C=O) groups is 2. The van der Waals surface area contributed by atoms with Gasteiger partial charge < -0.3 is 19.9 Å². The van der Waals surface area contributed by atoms with Crippen molar-refractivity contribution in [2.75, 3.05) is 11.1 Å². The molecule has 2 amide bonds. The minimum Gasteiger partial charge on any atom is -0.481 e. The molecule has 36 heavy (non-hydrogen) atoms. The van der Waals surface area contributed by atoms with Crippen molar-refractivity contribution in [1.29, 1.82) is 0 Å². The molecule has 0 unspecified atom stereocenters. The number of amides is 2. The highest BCUT2D eigenvalue weighted by molar-refractivity contribution is 7.99. The maximum absolute atomic E-state index is 12.5. The third-order valence-electron chi connectivity index (χ3n) is 5.40. The number of non-ortho nitro benzene ring substituents is 1. The van der Waals surface area contributed by atoms with Crippen molar-refractivity contribution in [3.63, 3.8) is 0 Å². The zero-order chi connectivity index (χ0) is 26.2. The van der Waals surface area contributed by atoms with Crippen LogP contribution in [0.1, 0.15) is 30.8 Å². The minimum absolute atomic E-state index is 0.0299. The van der Waals surface area contributed by atoms with Crippen molar-refractivity contribution in [3.8, 4) is 5.75 Å². The Morgan fingerprint density at radius 3 is 2.58 bits per heavy atom.